The zero-order valence-corrected chi connectivity index (χ0v) is 8.00. The van der Waals surface area contributed by atoms with Gasteiger partial charge < -0.3 is 0 Å². The van der Waals surface area contributed by atoms with Gasteiger partial charge in [-0.25, -0.2) is 10.1 Å². The first-order chi connectivity index (χ1) is 6.77. The van der Waals surface area contributed by atoms with E-state index in [0.717, 1.165) is 12.8 Å². The molecular weight excluding hydrogens is 200 g/mol. The zero-order valence-electron chi connectivity index (χ0n) is 8.00. The third-order valence-corrected chi connectivity index (χ3v) is 1.20. The quantitative estimate of drug-likeness (QED) is 0.332. The first-order valence-electron chi connectivity index (χ1n) is 4.03. The van der Waals surface area contributed by atoms with E-state index >= 15 is 0 Å². The van der Waals surface area contributed by atoms with Crippen LogP contribution in [0.25, 0.3) is 0 Å². The van der Waals surface area contributed by atoms with Gasteiger partial charge in [-0.3, -0.25) is 0 Å². The monoisotopic (exact) mass is 214 g/mol. The molecule has 0 saturated heterocycles. The molecule has 0 aliphatic heterocycles. The average molecular weight is 214 g/mol. The van der Waals surface area contributed by atoms with Gasteiger partial charge in [0.25, 0.3) is 0 Å². The van der Waals surface area contributed by atoms with Gasteiger partial charge in [0, 0.05) is 0 Å². The number of hydrogen-bond acceptors (Lipinski definition) is 8. The molecule has 0 atom stereocenters. The Hall–Kier alpha value is -0.320. The first-order valence-corrected chi connectivity index (χ1v) is 4.03. The molecule has 0 amide bonds. The third-order valence-electron chi connectivity index (χ3n) is 1.20. The second-order valence-corrected chi connectivity index (χ2v) is 2.77. The summed E-state index contributed by atoms with van der Waals surface area (Å²) < 4.78 is 0. The molecule has 0 saturated carbocycles. The Morgan fingerprint density at radius 2 is 1.64 bits per heavy atom. The summed E-state index contributed by atoms with van der Waals surface area (Å²) in [4.78, 5) is 4.48. The van der Waals surface area contributed by atoms with Crippen LogP contribution in [0.3, 0.4) is 0 Å². The summed E-state index contributed by atoms with van der Waals surface area (Å²) in [5.41, 5.74) is 0. The van der Waals surface area contributed by atoms with Crippen molar-refractivity contribution in [1.82, 2.24) is 0 Å². The molecule has 0 bridgehead atoms. The Balaban J connectivity index is 2.85. The maximum absolute atomic E-state index is 7.54. The summed E-state index contributed by atoms with van der Waals surface area (Å²) >= 11 is 0. The van der Waals surface area contributed by atoms with Crippen LogP contribution in [0.2, 0.25) is 0 Å². The minimum absolute atomic E-state index is 0.360. The SMILES string of the molecule is CC(C)CCCOOOOOOOO. The molecule has 8 heteroatoms. The summed E-state index contributed by atoms with van der Waals surface area (Å²) in [6.07, 6.45) is 1.85. The lowest BCUT2D eigenvalue weighted by Crippen LogP contribution is -2.02. The molecule has 14 heavy (non-hydrogen) atoms. The van der Waals surface area contributed by atoms with E-state index in [1.165, 1.54) is 0 Å². The molecule has 0 aromatic rings. The predicted molar refractivity (Wildman–Crippen MR) is 39.2 cm³/mol. The molecule has 0 aliphatic rings. The van der Waals surface area contributed by atoms with Gasteiger partial charge in [-0.2, -0.15) is 0 Å². The molecule has 0 spiro atoms. The molecule has 0 heterocycles. The fourth-order valence-electron chi connectivity index (χ4n) is 0.651. The van der Waals surface area contributed by atoms with E-state index in [9.17, 15) is 0 Å². The van der Waals surface area contributed by atoms with E-state index in [4.69, 9.17) is 5.26 Å². The summed E-state index contributed by atoms with van der Waals surface area (Å²) in [7, 11) is 0. The van der Waals surface area contributed by atoms with Gasteiger partial charge in [0.15, 0.2) is 0 Å². The van der Waals surface area contributed by atoms with Crippen LogP contribution in [0.1, 0.15) is 26.7 Å². The van der Waals surface area contributed by atoms with Crippen LogP contribution in [0.5, 0.6) is 0 Å². The maximum atomic E-state index is 7.54. The molecule has 0 radical (unpaired) electrons. The van der Waals surface area contributed by atoms with Crippen molar-refractivity contribution in [3.63, 3.8) is 0 Å². The lowest BCUT2D eigenvalue weighted by molar-refractivity contribution is -0.812. The molecule has 0 aromatic carbocycles. The van der Waals surface area contributed by atoms with Crippen LogP contribution < -0.4 is 0 Å². The molecule has 0 fully saturated rings. The van der Waals surface area contributed by atoms with E-state index in [1.807, 2.05) is 0 Å². The summed E-state index contributed by atoms with van der Waals surface area (Å²) in [5.74, 6) is 0.606. The highest BCUT2D eigenvalue weighted by molar-refractivity contribution is 4.42. The second-order valence-electron chi connectivity index (χ2n) is 2.77. The van der Waals surface area contributed by atoms with Gasteiger partial charge in [-0.05, 0) is 49.0 Å². The van der Waals surface area contributed by atoms with E-state index in [0.29, 0.717) is 12.5 Å². The highest BCUT2D eigenvalue weighted by Gasteiger charge is 1.96. The Morgan fingerprint density at radius 3 is 2.29 bits per heavy atom. The predicted octanol–water partition coefficient (Wildman–Crippen LogP) is 1.50. The molecule has 0 aliphatic carbocycles. The standard InChI is InChI=1S/C6H14O8/c1-6(2)4-3-5-8-10-12-14-13-11-9-7/h6-7H,3-5H2,1-2H3. The van der Waals surface area contributed by atoms with Crippen molar-refractivity contribution in [3.05, 3.63) is 0 Å². The molecular formula is C6H14O8. The highest BCUT2D eigenvalue weighted by atomic mass is 17.9. The van der Waals surface area contributed by atoms with Crippen molar-refractivity contribution >= 4 is 0 Å². The summed E-state index contributed by atoms with van der Waals surface area (Å²) in [5, 5.41) is 28.8. The minimum atomic E-state index is 0.360. The Labute approximate surface area is 80.7 Å². The lowest BCUT2D eigenvalue weighted by Gasteiger charge is -2.02. The smallest absolute Gasteiger partial charge is 0.0855 e. The topological polar surface area (TPSA) is 84.8 Å². The van der Waals surface area contributed by atoms with Crippen LogP contribution in [0.15, 0.2) is 0 Å². The van der Waals surface area contributed by atoms with E-state index in [2.05, 4.69) is 49.0 Å². The van der Waals surface area contributed by atoms with Crippen molar-refractivity contribution in [2.24, 2.45) is 5.92 Å². The molecule has 86 valence electrons. The highest BCUT2D eigenvalue weighted by Crippen LogP contribution is 2.03. The molecule has 0 unspecified atom stereocenters. The van der Waals surface area contributed by atoms with Crippen molar-refractivity contribution in [2.45, 2.75) is 26.7 Å². The van der Waals surface area contributed by atoms with E-state index in [1.54, 1.807) is 0 Å². The largest absolute Gasteiger partial charge is 0.219 e. The zero-order chi connectivity index (χ0) is 10.6. The van der Waals surface area contributed by atoms with Crippen LogP contribution in [-0.4, -0.2) is 11.9 Å². The Morgan fingerprint density at radius 1 is 1.00 bits per heavy atom. The van der Waals surface area contributed by atoms with Crippen LogP contribution in [-0.2, 0) is 35.1 Å². The Bertz CT molecular complexity index is 108. The van der Waals surface area contributed by atoms with Crippen molar-refractivity contribution in [3.8, 4) is 0 Å². The lowest BCUT2D eigenvalue weighted by atomic mass is 10.1. The van der Waals surface area contributed by atoms with Crippen molar-refractivity contribution in [2.75, 3.05) is 6.61 Å². The fraction of sp³-hybridized carbons (Fsp3) is 1.00. The molecule has 1 N–H and O–H groups in total. The van der Waals surface area contributed by atoms with Crippen molar-refractivity contribution in [1.29, 1.82) is 0 Å². The molecule has 8 nitrogen and oxygen atoms in total. The maximum Gasteiger partial charge on any atom is 0.0855 e. The van der Waals surface area contributed by atoms with Gasteiger partial charge in [-0.1, -0.05) is 13.8 Å². The first kappa shape index (κ1) is 13.7. The van der Waals surface area contributed by atoms with E-state index in [-0.39, 0.29) is 0 Å². The summed E-state index contributed by atoms with van der Waals surface area (Å²) in [6, 6.07) is 0. The summed E-state index contributed by atoms with van der Waals surface area (Å²) in [6.45, 7) is 4.56. The molecule has 0 rings (SSSR count). The Kier molecular flexibility index (Phi) is 10.5. The van der Waals surface area contributed by atoms with Crippen LogP contribution in [0.4, 0.5) is 0 Å². The number of rotatable bonds is 10. The third kappa shape index (κ3) is 11.7. The van der Waals surface area contributed by atoms with Gasteiger partial charge in [0.05, 0.1) is 6.61 Å². The fourth-order valence-corrected chi connectivity index (χ4v) is 0.651. The van der Waals surface area contributed by atoms with E-state index < -0.39 is 0 Å². The van der Waals surface area contributed by atoms with Crippen molar-refractivity contribution < 1.29 is 40.4 Å². The van der Waals surface area contributed by atoms with Crippen LogP contribution in [0, 0.1) is 5.92 Å². The second kappa shape index (κ2) is 10.8. The molecule has 0 aromatic heterocycles. The van der Waals surface area contributed by atoms with Crippen LogP contribution >= 0.6 is 0 Å². The number of hydrogen-bond donors (Lipinski definition) is 1. The van der Waals surface area contributed by atoms with Gasteiger partial charge in [-0.15, -0.1) is 0 Å². The van der Waals surface area contributed by atoms with Gasteiger partial charge >= 0.3 is 0 Å². The van der Waals surface area contributed by atoms with Gasteiger partial charge in [0.1, 0.15) is 0 Å². The average Bonchev–Trinajstić information content (AvgIpc) is 2.15. The normalized spacial score (nSPS) is 11.1. The van der Waals surface area contributed by atoms with Gasteiger partial charge in [0.2, 0.25) is 0 Å². The minimum Gasteiger partial charge on any atom is -0.219 e.